The summed E-state index contributed by atoms with van der Waals surface area (Å²) in [5.41, 5.74) is 5.97. The summed E-state index contributed by atoms with van der Waals surface area (Å²) in [6, 6.07) is 3.37. The number of rotatable bonds is 1. The zero-order valence-electron chi connectivity index (χ0n) is 7.06. The quantitative estimate of drug-likeness (QED) is 0.701. The molecule has 2 N–H and O–H groups in total. The normalized spacial score (nSPS) is 10.2. The van der Waals surface area contributed by atoms with E-state index in [2.05, 4.69) is 15.2 Å². The average Bonchev–Trinajstić information content (AvgIpc) is 2.53. The molecule has 66 valence electrons. The molecule has 2 aromatic rings. The van der Waals surface area contributed by atoms with Crippen molar-refractivity contribution in [1.29, 1.82) is 0 Å². The Bertz CT molecular complexity index is 406. The van der Waals surface area contributed by atoms with Crippen molar-refractivity contribution in [3.8, 4) is 11.6 Å². The molecule has 0 unspecified atom stereocenters. The fourth-order valence-electron chi connectivity index (χ4n) is 0.930. The summed E-state index contributed by atoms with van der Waals surface area (Å²) >= 11 is 0. The first-order valence-corrected chi connectivity index (χ1v) is 3.78. The molecule has 0 aromatic carbocycles. The third-order valence-electron chi connectivity index (χ3n) is 1.53. The zero-order chi connectivity index (χ0) is 9.26. The Morgan fingerprint density at radius 3 is 2.69 bits per heavy atom. The maximum atomic E-state index is 5.39. The number of aromatic nitrogens is 3. The number of oxazole rings is 1. The van der Waals surface area contributed by atoms with E-state index in [0.29, 0.717) is 17.4 Å². The van der Waals surface area contributed by atoms with E-state index in [9.17, 15) is 0 Å². The first-order chi connectivity index (χ1) is 6.25. The number of nitrogens with zero attached hydrogens (tertiary/aromatic N) is 3. The number of hydrogen-bond acceptors (Lipinski definition) is 5. The van der Waals surface area contributed by atoms with E-state index >= 15 is 0 Å². The van der Waals surface area contributed by atoms with E-state index in [1.807, 2.05) is 6.92 Å². The highest BCUT2D eigenvalue weighted by atomic mass is 16.4. The summed E-state index contributed by atoms with van der Waals surface area (Å²) in [5, 5.41) is 7.52. The van der Waals surface area contributed by atoms with Gasteiger partial charge in [-0.25, -0.2) is 4.98 Å². The van der Waals surface area contributed by atoms with Crippen LogP contribution in [0, 0.1) is 6.92 Å². The topological polar surface area (TPSA) is 77.8 Å². The Kier molecular flexibility index (Phi) is 1.70. The molecular formula is C8H8N4O. The largest absolute Gasteiger partial charge is 0.440 e. The van der Waals surface area contributed by atoms with Crippen molar-refractivity contribution in [2.45, 2.75) is 6.92 Å². The number of nitrogen functional groups attached to an aromatic ring is 1. The first-order valence-electron chi connectivity index (χ1n) is 3.78. The van der Waals surface area contributed by atoms with Crippen molar-refractivity contribution in [1.82, 2.24) is 15.2 Å². The van der Waals surface area contributed by atoms with Crippen molar-refractivity contribution >= 4 is 5.82 Å². The van der Waals surface area contributed by atoms with Crippen LogP contribution in [-0.4, -0.2) is 15.2 Å². The molecule has 13 heavy (non-hydrogen) atoms. The molecule has 5 heteroatoms. The Morgan fingerprint density at radius 2 is 2.15 bits per heavy atom. The van der Waals surface area contributed by atoms with Gasteiger partial charge in [-0.15, -0.1) is 10.2 Å². The van der Waals surface area contributed by atoms with Gasteiger partial charge in [-0.1, -0.05) is 0 Å². The van der Waals surface area contributed by atoms with Gasteiger partial charge in [0.25, 0.3) is 0 Å². The summed E-state index contributed by atoms with van der Waals surface area (Å²) in [5.74, 6) is 1.59. The summed E-state index contributed by atoms with van der Waals surface area (Å²) in [6.07, 6.45) is 1.63. The van der Waals surface area contributed by atoms with Crippen LogP contribution in [0.4, 0.5) is 5.82 Å². The maximum Gasteiger partial charge on any atom is 0.247 e. The van der Waals surface area contributed by atoms with Crippen LogP contribution in [-0.2, 0) is 0 Å². The molecule has 0 aliphatic rings. The highest BCUT2D eigenvalue weighted by Gasteiger charge is 2.05. The number of aryl methyl sites for hydroxylation is 1. The first kappa shape index (κ1) is 7.72. The standard InChI is InChI=1S/C8H8N4O/c1-5-4-10-8(13-5)6-2-3-7(9)12-11-6/h2-4H,1H3,(H2,9,12). The molecule has 0 spiro atoms. The molecule has 0 aliphatic carbocycles. The van der Waals surface area contributed by atoms with Crippen molar-refractivity contribution in [3.05, 3.63) is 24.1 Å². The van der Waals surface area contributed by atoms with Gasteiger partial charge in [0.05, 0.1) is 6.20 Å². The van der Waals surface area contributed by atoms with Crippen LogP contribution in [0.1, 0.15) is 5.76 Å². The molecule has 0 aliphatic heterocycles. The smallest absolute Gasteiger partial charge is 0.247 e. The molecule has 5 nitrogen and oxygen atoms in total. The molecule has 0 radical (unpaired) electrons. The van der Waals surface area contributed by atoms with Crippen LogP contribution in [0.25, 0.3) is 11.6 Å². The number of hydrogen-bond donors (Lipinski definition) is 1. The minimum Gasteiger partial charge on any atom is -0.440 e. The van der Waals surface area contributed by atoms with Crippen LogP contribution in [0.15, 0.2) is 22.7 Å². The van der Waals surface area contributed by atoms with E-state index in [1.54, 1.807) is 18.3 Å². The SMILES string of the molecule is Cc1cnc(-c2ccc(N)nn2)o1. The average molecular weight is 176 g/mol. The second-order valence-electron chi connectivity index (χ2n) is 2.62. The van der Waals surface area contributed by atoms with Crippen LogP contribution in [0.5, 0.6) is 0 Å². The van der Waals surface area contributed by atoms with E-state index in [0.717, 1.165) is 5.76 Å². The van der Waals surface area contributed by atoms with Gasteiger partial charge in [0, 0.05) is 0 Å². The zero-order valence-corrected chi connectivity index (χ0v) is 7.06. The van der Waals surface area contributed by atoms with Gasteiger partial charge in [0.15, 0.2) is 0 Å². The lowest BCUT2D eigenvalue weighted by Gasteiger charge is -1.93. The van der Waals surface area contributed by atoms with Crippen molar-refractivity contribution in [2.75, 3.05) is 5.73 Å². The summed E-state index contributed by atoms with van der Waals surface area (Å²) in [6.45, 7) is 1.82. The molecule has 2 heterocycles. The lowest BCUT2D eigenvalue weighted by molar-refractivity contribution is 0.539. The number of nitrogens with two attached hydrogens (primary N) is 1. The summed E-state index contributed by atoms with van der Waals surface area (Å²) in [7, 11) is 0. The fraction of sp³-hybridized carbons (Fsp3) is 0.125. The van der Waals surface area contributed by atoms with E-state index in [4.69, 9.17) is 10.2 Å². The summed E-state index contributed by atoms with van der Waals surface area (Å²) in [4.78, 5) is 4.01. The molecule has 0 fully saturated rings. The maximum absolute atomic E-state index is 5.39. The molecule has 0 amide bonds. The van der Waals surface area contributed by atoms with E-state index in [-0.39, 0.29) is 0 Å². The van der Waals surface area contributed by atoms with Crippen LogP contribution in [0.3, 0.4) is 0 Å². The monoisotopic (exact) mass is 176 g/mol. The summed E-state index contributed by atoms with van der Waals surface area (Å²) < 4.78 is 5.25. The Labute approximate surface area is 74.6 Å². The molecule has 2 rings (SSSR count). The minimum atomic E-state index is 0.382. The van der Waals surface area contributed by atoms with Crippen LogP contribution < -0.4 is 5.73 Å². The van der Waals surface area contributed by atoms with Gasteiger partial charge in [-0.3, -0.25) is 0 Å². The highest BCUT2D eigenvalue weighted by Crippen LogP contribution is 2.15. The predicted molar refractivity (Wildman–Crippen MR) is 46.7 cm³/mol. The lowest BCUT2D eigenvalue weighted by Crippen LogP contribution is -1.93. The molecular weight excluding hydrogens is 168 g/mol. The highest BCUT2D eigenvalue weighted by molar-refractivity contribution is 5.47. The predicted octanol–water partition coefficient (Wildman–Crippen LogP) is 1.02. The van der Waals surface area contributed by atoms with Gasteiger partial charge in [-0.05, 0) is 19.1 Å². The third-order valence-corrected chi connectivity index (χ3v) is 1.53. The second-order valence-corrected chi connectivity index (χ2v) is 2.62. The van der Waals surface area contributed by atoms with Gasteiger partial charge < -0.3 is 10.2 Å². The molecule has 0 saturated heterocycles. The lowest BCUT2D eigenvalue weighted by atomic mass is 10.4. The van der Waals surface area contributed by atoms with Crippen molar-refractivity contribution < 1.29 is 4.42 Å². The van der Waals surface area contributed by atoms with Crippen LogP contribution >= 0.6 is 0 Å². The van der Waals surface area contributed by atoms with Crippen molar-refractivity contribution in [2.24, 2.45) is 0 Å². The molecule has 0 saturated carbocycles. The van der Waals surface area contributed by atoms with Crippen LogP contribution in [0.2, 0.25) is 0 Å². The Hall–Kier alpha value is -1.91. The molecule has 2 aromatic heterocycles. The minimum absolute atomic E-state index is 0.382. The van der Waals surface area contributed by atoms with Gasteiger partial charge >= 0.3 is 0 Å². The van der Waals surface area contributed by atoms with Gasteiger partial charge in [-0.2, -0.15) is 0 Å². The Morgan fingerprint density at radius 1 is 1.31 bits per heavy atom. The van der Waals surface area contributed by atoms with Crippen molar-refractivity contribution in [3.63, 3.8) is 0 Å². The Balaban J connectivity index is 2.41. The van der Waals surface area contributed by atoms with E-state index in [1.165, 1.54) is 0 Å². The van der Waals surface area contributed by atoms with E-state index < -0.39 is 0 Å². The fourth-order valence-corrected chi connectivity index (χ4v) is 0.930. The third kappa shape index (κ3) is 1.48. The molecule has 0 atom stereocenters. The number of anilines is 1. The molecule has 0 bridgehead atoms. The second kappa shape index (κ2) is 2.85. The van der Waals surface area contributed by atoms with Gasteiger partial charge in [0.2, 0.25) is 5.89 Å². The van der Waals surface area contributed by atoms with Gasteiger partial charge in [0.1, 0.15) is 17.3 Å².